The van der Waals surface area contributed by atoms with Crippen LogP contribution in [0.3, 0.4) is 0 Å². The smallest absolute Gasteiger partial charge is 0.345 e. The number of carbonyl (C=O) groups is 2. The molecule has 7 nitrogen and oxygen atoms in total. The third-order valence-electron chi connectivity index (χ3n) is 3.07. The van der Waals surface area contributed by atoms with Crippen LogP contribution in [0, 0.1) is 10.1 Å². The Kier molecular flexibility index (Phi) is 8.25. The van der Waals surface area contributed by atoms with Crippen molar-refractivity contribution in [2.45, 2.75) is 43.8 Å². The van der Waals surface area contributed by atoms with Crippen LogP contribution in [-0.4, -0.2) is 35.3 Å². The maximum atomic E-state index is 11.9. The van der Waals surface area contributed by atoms with Crippen LogP contribution in [-0.2, 0) is 14.3 Å². The van der Waals surface area contributed by atoms with Crippen LogP contribution >= 0.6 is 11.8 Å². The first-order valence-electron chi connectivity index (χ1n) is 7.67. The van der Waals surface area contributed by atoms with Gasteiger partial charge in [0.15, 0.2) is 0 Å². The van der Waals surface area contributed by atoms with Gasteiger partial charge in [0.2, 0.25) is 0 Å². The number of thioether (sulfide) groups is 1. The topological polar surface area (TPSA) is 95.7 Å². The van der Waals surface area contributed by atoms with Crippen molar-refractivity contribution >= 4 is 29.4 Å². The normalized spacial score (nSPS) is 11.6. The molecule has 0 heterocycles. The second-order valence-corrected chi connectivity index (χ2v) is 6.38. The Morgan fingerprint density at radius 3 is 2.50 bits per heavy atom. The zero-order valence-corrected chi connectivity index (χ0v) is 14.8. The lowest BCUT2D eigenvalue weighted by atomic mass is 10.2. The number of ether oxygens (including phenoxy) is 2. The lowest BCUT2D eigenvalue weighted by Gasteiger charge is -2.12. The maximum Gasteiger partial charge on any atom is 0.345 e. The quantitative estimate of drug-likeness (QED) is 0.289. The molecule has 1 aromatic carbocycles. The Bertz CT molecular complexity index is 604. The van der Waals surface area contributed by atoms with Crippen molar-refractivity contribution in [1.82, 2.24) is 0 Å². The molecule has 0 radical (unpaired) electrons. The molecule has 0 N–H and O–H groups in total. The van der Waals surface area contributed by atoms with Crippen molar-refractivity contribution in [3.63, 3.8) is 0 Å². The van der Waals surface area contributed by atoms with Crippen molar-refractivity contribution in [1.29, 1.82) is 0 Å². The lowest BCUT2D eigenvalue weighted by molar-refractivity contribution is -0.388. The largest absolute Gasteiger partial charge is 0.466 e. The Labute approximate surface area is 144 Å². The molecule has 0 saturated heterocycles. The molecule has 0 unspecified atom stereocenters. The van der Waals surface area contributed by atoms with E-state index in [0.29, 0.717) is 17.9 Å². The van der Waals surface area contributed by atoms with Crippen LogP contribution in [0.1, 0.15) is 44.0 Å². The number of rotatable bonds is 9. The summed E-state index contributed by atoms with van der Waals surface area (Å²) >= 11 is 1.25. The SMILES string of the molecule is CCOC(=O)CC[C@H](C)Sc1cccc(C(=O)OCC)c1[N+](=O)[O-]. The number of nitro benzene ring substituents is 1. The van der Waals surface area contributed by atoms with Gasteiger partial charge in [0.25, 0.3) is 5.69 Å². The minimum absolute atomic E-state index is 0.0504. The van der Waals surface area contributed by atoms with E-state index in [1.165, 1.54) is 17.8 Å². The number of hydrogen-bond donors (Lipinski definition) is 0. The van der Waals surface area contributed by atoms with E-state index in [9.17, 15) is 19.7 Å². The summed E-state index contributed by atoms with van der Waals surface area (Å²) in [4.78, 5) is 34.5. The Hall–Kier alpha value is -2.09. The van der Waals surface area contributed by atoms with Crippen molar-refractivity contribution < 1.29 is 24.0 Å². The second-order valence-electron chi connectivity index (χ2n) is 4.90. The molecule has 0 aliphatic heterocycles. The summed E-state index contributed by atoms with van der Waals surface area (Å²) in [6.07, 6.45) is 0.762. The first kappa shape index (κ1) is 20.0. The highest BCUT2D eigenvalue weighted by molar-refractivity contribution is 8.00. The summed E-state index contributed by atoms with van der Waals surface area (Å²) in [5.41, 5.74) is -0.326. The van der Waals surface area contributed by atoms with E-state index in [2.05, 4.69) is 0 Å². The van der Waals surface area contributed by atoms with E-state index in [1.54, 1.807) is 26.0 Å². The van der Waals surface area contributed by atoms with Crippen LogP contribution in [0.4, 0.5) is 5.69 Å². The first-order valence-corrected chi connectivity index (χ1v) is 8.55. The predicted octanol–water partition coefficient (Wildman–Crippen LogP) is 3.60. The predicted molar refractivity (Wildman–Crippen MR) is 90.2 cm³/mol. The molecule has 0 aromatic heterocycles. The zero-order valence-electron chi connectivity index (χ0n) is 13.9. The van der Waals surface area contributed by atoms with Crippen LogP contribution in [0.5, 0.6) is 0 Å². The lowest BCUT2D eigenvalue weighted by Crippen LogP contribution is -2.10. The number of hydrogen-bond acceptors (Lipinski definition) is 7. The summed E-state index contributed by atoms with van der Waals surface area (Å²) in [5, 5.41) is 11.3. The van der Waals surface area contributed by atoms with Gasteiger partial charge in [0.1, 0.15) is 5.56 Å². The van der Waals surface area contributed by atoms with E-state index >= 15 is 0 Å². The monoisotopic (exact) mass is 355 g/mol. The summed E-state index contributed by atoms with van der Waals surface area (Å²) in [6.45, 7) is 5.71. The van der Waals surface area contributed by atoms with Gasteiger partial charge in [-0.25, -0.2) is 4.79 Å². The molecule has 0 bridgehead atoms. The Morgan fingerprint density at radius 1 is 1.25 bits per heavy atom. The van der Waals surface area contributed by atoms with E-state index in [0.717, 1.165) is 0 Å². The second kappa shape index (κ2) is 9.92. The number of para-hydroxylation sites is 1. The van der Waals surface area contributed by atoms with Crippen molar-refractivity contribution in [2.75, 3.05) is 13.2 Å². The minimum Gasteiger partial charge on any atom is -0.466 e. The third kappa shape index (κ3) is 5.84. The fourth-order valence-corrected chi connectivity index (χ4v) is 3.13. The molecule has 1 aromatic rings. The standard InChI is InChI=1S/C16H21NO6S/c1-4-22-14(18)10-9-11(3)24-13-8-6-7-12(15(13)17(20)21)16(19)23-5-2/h6-8,11H,4-5,9-10H2,1-3H3/t11-/m0/s1. The van der Waals surface area contributed by atoms with Gasteiger partial charge in [-0.05, 0) is 32.4 Å². The number of esters is 2. The number of nitrogens with zero attached hydrogens (tertiary/aromatic N) is 1. The van der Waals surface area contributed by atoms with Crippen molar-refractivity contribution in [3.8, 4) is 0 Å². The molecule has 0 amide bonds. The van der Waals surface area contributed by atoms with Crippen molar-refractivity contribution in [2.24, 2.45) is 0 Å². The van der Waals surface area contributed by atoms with E-state index in [-0.39, 0.29) is 35.5 Å². The number of nitro groups is 1. The summed E-state index contributed by atoms with van der Waals surface area (Å²) in [6, 6.07) is 4.55. The molecule has 0 aliphatic rings. The molecular weight excluding hydrogens is 334 g/mol. The van der Waals surface area contributed by atoms with Crippen LogP contribution in [0.25, 0.3) is 0 Å². The average molecular weight is 355 g/mol. The van der Waals surface area contributed by atoms with Crippen molar-refractivity contribution in [3.05, 3.63) is 33.9 Å². The molecule has 1 rings (SSSR count). The van der Waals surface area contributed by atoms with E-state index < -0.39 is 10.9 Å². The molecule has 0 aliphatic carbocycles. The van der Waals surface area contributed by atoms with Crippen LogP contribution in [0.2, 0.25) is 0 Å². The van der Waals surface area contributed by atoms with Gasteiger partial charge in [-0.2, -0.15) is 0 Å². The van der Waals surface area contributed by atoms with Crippen LogP contribution in [0.15, 0.2) is 23.1 Å². The van der Waals surface area contributed by atoms with Gasteiger partial charge < -0.3 is 9.47 Å². The minimum atomic E-state index is -0.717. The fraction of sp³-hybridized carbons (Fsp3) is 0.500. The van der Waals surface area contributed by atoms with E-state index in [4.69, 9.17) is 9.47 Å². The summed E-state index contributed by atoms with van der Waals surface area (Å²) in [5.74, 6) is -1.01. The van der Waals surface area contributed by atoms with Gasteiger partial charge in [-0.15, -0.1) is 11.8 Å². The number of benzene rings is 1. The maximum absolute atomic E-state index is 11.9. The van der Waals surface area contributed by atoms with E-state index in [1.807, 2.05) is 6.92 Å². The first-order chi connectivity index (χ1) is 11.4. The highest BCUT2D eigenvalue weighted by Gasteiger charge is 2.26. The highest BCUT2D eigenvalue weighted by atomic mass is 32.2. The summed E-state index contributed by atoms with van der Waals surface area (Å²) in [7, 11) is 0. The van der Waals surface area contributed by atoms with Gasteiger partial charge in [-0.3, -0.25) is 14.9 Å². The summed E-state index contributed by atoms with van der Waals surface area (Å²) < 4.78 is 9.74. The molecule has 132 valence electrons. The Morgan fingerprint density at radius 2 is 1.92 bits per heavy atom. The van der Waals surface area contributed by atoms with Gasteiger partial charge in [0, 0.05) is 11.7 Å². The zero-order chi connectivity index (χ0) is 18.1. The molecule has 0 saturated carbocycles. The van der Waals surface area contributed by atoms with Gasteiger partial charge >= 0.3 is 11.9 Å². The van der Waals surface area contributed by atoms with Crippen LogP contribution < -0.4 is 0 Å². The third-order valence-corrected chi connectivity index (χ3v) is 4.29. The van der Waals surface area contributed by atoms with Gasteiger partial charge in [-0.1, -0.05) is 13.0 Å². The average Bonchev–Trinajstić information content (AvgIpc) is 2.53. The molecule has 1 atom stereocenters. The van der Waals surface area contributed by atoms with Gasteiger partial charge in [0.05, 0.1) is 23.0 Å². The highest BCUT2D eigenvalue weighted by Crippen LogP contribution is 2.36. The molecular formula is C16H21NO6S. The fourth-order valence-electron chi connectivity index (χ4n) is 2.01. The molecule has 24 heavy (non-hydrogen) atoms. The molecule has 0 spiro atoms. The molecule has 8 heteroatoms. The number of carbonyl (C=O) groups excluding carboxylic acids is 2. The molecule has 0 fully saturated rings. The Balaban J connectivity index is 2.91.